The van der Waals surface area contributed by atoms with E-state index in [1.165, 1.54) is 24.2 Å². The highest BCUT2D eigenvalue weighted by Gasteiger charge is 2.11. The first kappa shape index (κ1) is 10.6. The molecule has 0 amide bonds. The molecule has 2 rings (SSSR count). The van der Waals surface area contributed by atoms with Gasteiger partial charge in [0.05, 0.1) is 7.11 Å². The van der Waals surface area contributed by atoms with Crippen LogP contribution in [0.1, 0.15) is 18.4 Å². The number of ether oxygens (including phenoxy) is 1. The maximum atomic E-state index is 5.12. The zero-order valence-corrected chi connectivity index (χ0v) is 9.80. The van der Waals surface area contributed by atoms with Crippen molar-refractivity contribution in [2.75, 3.05) is 12.9 Å². The summed E-state index contributed by atoms with van der Waals surface area (Å²) in [6, 6.07) is 8.19. The molecular weight excluding hydrogens is 204 g/mol. The fraction of sp³-hybridized carbons (Fsp3) is 0.385. The molecule has 0 saturated carbocycles. The van der Waals surface area contributed by atoms with Gasteiger partial charge in [0.25, 0.3) is 0 Å². The van der Waals surface area contributed by atoms with E-state index in [4.69, 9.17) is 4.74 Å². The molecule has 0 radical (unpaired) electrons. The number of hydrogen-bond donors (Lipinski definition) is 0. The molecule has 15 heavy (non-hydrogen) atoms. The first-order chi connectivity index (χ1) is 7.38. The van der Waals surface area contributed by atoms with Gasteiger partial charge in [-0.05, 0) is 36.3 Å². The molecule has 0 spiro atoms. The molecule has 1 heterocycles. The lowest BCUT2D eigenvalue weighted by molar-refractivity contribution is 0.415. The molecule has 1 unspecified atom stereocenters. The normalized spacial score (nSPS) is 21.0. The molecule has 1 saturated heterocycles. The average Bonchev–Trinajstić information content (AvgIpc) is 2.80. The molecule has 1 aromatic rings. The fourth-order valence-electron chi connectivity index (χ4n) is 1.69. The first-order valence-corrected chi connectivity index (χ1v) is 6.37. The zero-order valence-electron chi connectivity index (χ0n) is 8.98. The van der Waals surface area contributed by atoms with Crippen molar-refractivity contribution in [1.29, 1.82) is 0 Å². The van der Waals surface area contributed by atoms with Gasteiger partial charge in [0.1, 0.15) is 5.75 Å². The Kier molecular flexibility index (Phi) is 3.73. The molecule has 1 aliphatic heterocycles. The van der Waals surface area contributed by atoms with Crippen LogP contribution in [0, 0.1) is 0 Å². The lowest BCUT2D eigenvalue weighted by Gasteiger charge is -2.01. The summed E-state index contributed by atoms with van der Waals surface area (Å²) in [6.45, 7) is 0. The average molecular weight is 220 g/mol. The molecule has 80 valence electrons. The number of rotatable bonds is 3. The summed E-state index contributed by atoms with van der Waals surface area (Å²) in [6.07, 6.45) is 7.22. The maximum absolute atomic E-state index is 5.12. The van der Waals surface area contributed by atoms with Crippen LogP contribution in [-0.4, -0.2) is 18.1 Å². The topological polar surface area (TPSA) is 9.23 Å². The van der Waals surface area contributed by atoms with Crippen molar-refractivity contribution in [1.82, 2.24) is 0 Å². The van der Waals surface area contributed by atoms with Gasteiger partial charge in [-0.2, -0.15) is 11.8 Å². The second-order valence-electron chi connectivity index (χ2n) is 3.68. The highest BCUT2D eigenvalue weighted by atomic mass is 32.2. The first-order valence-electron chi connectivity index (χ1n) is 5.32. The van der Waals surface area contributed by atoms with Crippen molar-refractivity contribution in [3.63, 3.8) is 0 Å². The number of benzene rings is 1. The minimum absolute atomic E-state index is 0.729. The van der Waals surface area contributed by atoms with Crippen LogP contribution in [0.15, 0.2) is 30.3 Å². The van der Waals surface area contributed by atoms with E-state index >= 15 is 0 Å². The standard InChI is InChI=1S/C13H16OS/c1-14-12-7-4-11(5-8-12)6-9-13-3-2-10-15-13/h4-9,13H,2-3,10H2,1H3/b9-6+. The van der Waals surface area contributed by atoms with Gasteiger partial charge in [-0.25, -0.2) is 0 Å². The van der Waals surface area contributed by atoms with Crippen molar-refractivity contribution in [3.8, 4) is 5.75 Å². The molecular formula is C13H16OS. The lowest BCUT2D eigenvalue weighted by Crippen LogP contribution is -1.88. The van der Waals surface area contributed by atoms with Crippen molar-refractivity contribution in [2.24, 2.45) is 0 Å². The van der Waals surface area contributed by atoms with Gasteiger partial charge >= 0.3 is 0 Å². The summed E-state index contributed by atoms with van der Waals surface area (Å²) in [5.41, 5.74) is 1.25. The third-order valence-corrected chi connectivity index (χ3v) is 3.93. The molecule has 2 heteroatoms. The molecule has 1 atom stereocenters. The van der Waals surface area contributed by atoms with Crippen LogP contribution >= 0.6 is 11.8 Å². The van der Waals surface area contributed by atoms with Crippen LogP contribution in [0.5, 0.6) is 5.75 Å². The second-order valence-corrected chi connectivity index (χ2v) is 5.03. The Bertz CT molecular complexity index is 323. The molecule has 0 N–H and O–H groups in total. The van der Waals surface area contributed by atoms with Crippen LogP contribution < -0.4 is 4.74 Å². The third-order valence-electron chi connectivity index (χ3n) is 2.58. The summed E-state index contributed by atoms with van der Waals surface area (Å²) in [7, 11) is 1.69. The minimum Gasteiger partial charge on any atom is -0.497 e. The van der Waals surface area contributed by atoms with Crippen molar-refractivity contribution in [2.45, 2.75) is 18.1 Å². The summed E-state index contributed by atoms with van der Waals surface area (Å²) >= 11 is 2.06. The lowest BCUT2D eigenvalue weighted by atomic mass is 10.1. The Labute approximate surface area is 95.5 Å². The van der Waals surface area contributed by atoms with Crippen molar-refractivity contribution < 1.29 is 4.74 Å². The van der Waals surface area contributed by atoms with Gasteiger partial charge in [0.2, 0.25) is 0 Å². The van der Waals surface area contributed by atoms with Crippen LogP contribution in [0.4, 0.5) is 0 Å². The third kappa shape index (κ3) is 3.03. The Balaban J connectivity index is 1.97. The highest BCUT2D eigenvalue weighted by molar-refractivity contribution is 8.00. The number of thioether (sulfide) groups is 1. The zero-order chi connectivity index (χ0) is 10.5. The van der Waals surface area contributed by atoms with Crippen LogP contribution in [0.3, 0.4) is 0 Å². The predicted octanol–water partition coefficient (Wildman–Crippen LogP) is 3.60. The van der Waals surface area contributed by atoms with Crippen molar-refractivity contribution >= 4 is 17.8 Å². The Morgan fingerprint density at radius 1 is 1.33 bits per heavy atom. The molecule has 1 nitrogen and oxygen atoms in total. The van der Waals surface area contributed by atoms with Gasteiger partial charge < -0.3 is 4.74 Å². The Morgan fingerprint density at radius 2 is 2.13 bits per heavy atom. The predicted molar refractivity (Wildman–Crippen MR) is 67.5 cm³/mol. The minimum atomic E-state index is 0.729. The van der Waals surface area contributed by atoms with E-state index in [9.17, 15) is 0 Å². The fourth-order valence-corrected chi connectivity index (χ4v) is 2.85. The molecule has 0 aliphatic carbocycles. The van der Waals surface area contributed by atoms with Crippen molar-refractivity contribution in [3.05, 3.63) is 35.9 Å². The van der Waals surface area contributed by atoms with Crippen LogP contribution in [0.25, 0.3) is 6.08 Å². The molecule has 0 aromatic heterocycles. The SMILES string of the molecule is COc1ccc(/C=C/C2CCCS2)cc1. The van der Waals surface area contributed by atoms with E-state index in [1.54, 1.807) is 7.11 Å². The van der Waals surface area contributed by atoms with Gasteiger partial charge in [-0.1, -0.05) is 24.3 Å². The van der Waals surface area contributed by atoms with Gasteiger partial charge in [-0.15, -0.1) is 0 Å². The summed E-state index contributed by atoms with van der Waals surface area (Å²) in [5, 5.41) is 0.729. The quantitative estimate of drug-likeness (QED) is 0.769. The number of methoxy groups -OCH3 is 1. The molecule has 1 aromatic carbocycles. The largest absolute Gasteiger partial charge is 0.497 e. The Hall–Kier alpha value is -0.890. The number of hydrogen-bond acceptors (Lipinski definition) is 2. The van der Waals surface area contributed by atoms with Gasteiger partial charge in [0, 0.05) is 5.25 Å². The van der Waals surface area contributed by atoms with Gasteiger partial charge in [-0.3, -0.25) is 0 Å². The van der Waals surface area contributed by atoms with Gasteiger partial charge in [0.15, 0.2) is 0 Å². The molecule has 1 aliphatic rings. The van der Waals surface area contributed by atoms with Crippen LogP contribution in [0.2, 0.25) is 0 Å². The smallest absolute Gasteiger partial charge is 0.118 e. The van der Waals surface area contributed by atoms with E-state index in [0.717, 1.165) is 11.0 Å². The van der Waals surface area contributed by atoms with E-state index in [-0.39, 0.29) is 0 Å². The summed E-state index contributed by atoms with van der Waals surface area (Å²) < 4.78 is 5.12. The maximum Gasteiger partial charge on any atom is 0.118 e. The second kappa shape index (κ2) is 5.26. The van der Waals surface area contributed by atoms with E-state index in [2.05, 4.69) is 36.0 Å². The molecule has 0 bridgehead atoms. The van der Waals surface area contributed by atoms with E-state index in [0.29, 0.717) is 0 Å². The monoisotopic (exact) mass is 220 g/mol. The summed E-state index contributed by atoms with van der Waals surface area (Å²) in [5.74, 6) is 2.24. The Morgan fingerprint density at radius 3 is 2.73 bits per heavy atom. The van der Waals surface area contributed by atoms with E-state index < -0.39 is 0 Å². The molecule has 1 fully saturated rings. The van der Waals surface area contributed by atoms with Crippen LogP contribution in [-0.2, 0) is 0 Å². The van der Waals surface area contributed by atoms with E-state index in [1.807, 2.05) is 12.1 Å². The highest BCUT2D eigenvalue weighted by Crippen LogP contribution is 2.27. The summed E-state index contributed by atoms with van der Waals surface area (Å²) in [4.78, 5) is 0.